The zero-order valence-corrected chi connectivity index (χ0v) is 12.7. The number of nitrogens with zero attached hydrogens (tertiary/aromatic N) is 3. The van der Waals surface area contributed by atoms with Crippen molar-refractivity contribution in [1.82, 2.24) is 25.5 Å². The van der Waals surface area contributed by atoms with Crippen LogP contribution in [-0.4, -0.2) is 49.2 Å². The molecular formula is C13H17N5S2. The molecule has 0 spiro atoms. The molecule has 1 fully saturated rings. The van der Waals surface area contributed by atoms with E-state index in [1.165, 1.54) is 23.0 Å². The quantitative estimate of drug-likeness (QED) is 0.898. The zero-order chi connectivity index (χ0) is 13.6. The van der Waals surface area contributed by atoms with E-state index in [1.54, 1.807) is 12.4 Å². The Morgan fingerprint density at radius 1 is 1.20 bits per heavy atom. The summed E-state index contributed by atoms with van der Waals surface area (Å²) in [5.74, 6) is 6.50. The Hall–Kier alpha value is -1.05. The molecule has 0 unspecified atom stereocenters. The van der Waals surface area contributed by atoms with E-state index in [9.17, 15) is 0 Å². The maximum absolute atomic E-state index is 4.52. The Labute approximate surface area is 126 Å². The number of aromatic nitrogens is 4. The highest BCUT2D eigenvalue weighted by molar-refractivity contribution is 8.03. The first-order chi connectivity index (χ1) is 9.92. The Balaban J connectivity index is 1.57. The van der Waals surface area contributed by atoms with Crippen molar-refractivity contribution in [2.24, 2.45) is 0 Å². The first-order valence-corrected chi connectivity index (χ1v) is 8.93. The minimum absolute atomic E-state index is 0.557. The van der Waals surface area contributed by atoms with Crippen molar-refractivity contribution >= 4 is 23.5 Å². The maximum atomic E-state index is 4.52. The van der Waals surface area contributed by atoms with Crippen LogP contribution in [-0.2, 0) is 6.54 Å². The molecule has 3 heterocycles. The van der Waals surface area contributed by atoms with E-state index >= 15 is 0 Å². The number of nitrogens with one attached hydrogen (secondary N) is 2. The van der Waals surface area contributed by atoms with Gasteiger partial charge in [-0.3, -0.25) is 10.1 Å². The summed E-state index contributed by atoms with van der Waals surface area (Å²) < 4.78 is 0. The second-order valence-corrected chi connectivity index (χ2v) is 6.87. The number of pyridine rings is 1. The SMILES string of the molecule is c1cc(-c2n[nH]c(CNC3CSCCSC3)n2)ccn1. The molecule has 0 atom stereocenters. The Kier molecular flexibility index (Phi) is 4.94. The lowest BCUT2D eigenvalue weighted by Crippen LogP contribution is -2.33. The smallest absolute Gasteiger partial charge is 0.181 e. The van der Waals surface area contributed by atoms with Crippen LogP contribution < -0.4 is 5.32 Å². The summed E-state index contributed by atoms with van der Waals surface area (Å²) >= 11 is 4.05. The van der Waals surface area contributed by atoms with Gasteiger partial charge in [-0.05, 0) is 12.1 Å². The van der Waals surface area contributed by atoms with Gasteiger partial charge in [0.2, 0.25) is 0 Å². The molecule has 0 radical (unpaired) electrons. The molecular weight excluding hydrogens is 290 g/mol. The van der Waals surface area contributed by atoms with Gasteiger partial charge in [-0.15, -0.1) is 0 Å². The molecule has 1 aliphatic heterocycles. The van der Waals surface area contributed by atoms with Gasteiger partial charge in [0.25, 0.3) is 0 Å². The Bertz CT molecular complexity index is 523. The van der Waals surface area contributed by atoms with Gasteiger partial charge in [0.05, 0.1) is 6.54 Å². The predicted molar refractivity (Wildman–Crippen MR) is 84.9 cm³/mol. The van der Waals surface area contributed by atoms with Crippen molar-refractivity contribution < 1.29 is 0 Å². The van der Waals surface area contributed by atoms with Crippen molar-refractivity contribution in [2.45, 2.75) is 12.6 Å². The van der Waals surface area contributed by atoms with Crippen LogP contribution in [0.15, 0.2) is 24.5 Å². The summed E-state index contributed by atoms with van der Waals surface area (Å²) in [6, 6.07) is 4.39. The van der Waals surface area contributed by atoms with Gasteiger partial charge in [-0.25, -0.2) is 4.98 Å². The lowest BCUT2D eigenvalue weighted by atomic mass is 10.2. The van der Waals surface area contributed by atoms with E-state index < -0.39 is 0 Å². The highest BCUT2D eigenvalue weighted by atomic mass is 32.2. The number of hydrogen-bond donors (Lipinski definition) is 2. The molecule has 3 rings (SSSR count). The molecule has 5 nitrogen and oxygen atoms in total. The molecule has 2 aromatic heterocycles. The van der Waals surface area contributed by atoms with Gasteiger partial charge in [-0.2, -0.15) is 28.6 Å². The van der Waals surface area contributed by atoms with E-state index in [2.05, 4.69) is 25.5 Å². The molecule has 0 aliphatic carbocycles. The summed E-state index contributed by atoms with van der Waals surface area (Å²) in [5.41, 5.74) is 0.989. The van der Waals surface area contributed by atoms with Crippen molar-refractivity contribution in [1.29, 1.82) is 0 Å². The third kappa shape index (κ3) is 3.74. The van der Waals surface area contributed by atoms with Gasteiger partial charge < -0.3 is 5.32 Å². The first kappa shape index (κ1) is 13.9. The highest BCUT2D eigenvalue weighted by Gasteiger charge is 2.13. The van der Waals surface area contributed by atoms with Crippen LogP contribution in [0.4, 0.5) is 0 Å². The lowest BCUT2D eigenvalue weighted by Gasteiger charge is -2.13. The highest BCUT2D eigenvalue weighted by Crippen LogP contribution is 2.17. The van der Waals surface area contributed by atoms with E-state index in [0.29, 0.717) is 6.04 Å². The van der Waals surface area contributed by atoms with E-state index in [4.69, 9.17) is 0 Å². The van der Waals surface area contributed by atoms with Crippen LogP contribution in [0.25, 0.3) is 11.4 Å². The number of hydrogen-bond acceptors (Lipinski definition) is 6. The molecule has 2 aromatic rings. The third-order valence-electron chi connectivity index (χ3n) is 3.04. The normalized spacial score (nSPS) is 17.0. The Morgan fingerprint density at radius 3 is 2.70 bits per heavy atom. The van der Waals surface area contributed by atoms with Gasteiger partial charge in [0.1, 0.15) is 5.82 Å². The second-order valence-electron chi connectivity index (χ2n) is 4.57. The molecule has 0 aromatic carbocycles. The topological polar surface area (TPSA) is 66.5 Å². The van der Waals surface area contributed by atoms with Crippen molar-refractivity contribution in [3.63, 3.8) is 0 Å². The first-order valence-electron chi connectivity index (χ1n) is 6.62. The molecule has 106 valence electrons. The van der Waals surface area contributed by atoms with Gasteiger partial charge in [-0.1, -0.05) is 0 Å². The van der Waals surface area contributed by atoms with Crippen LogP contribution >= 0.6 is 23.5 Å². The summed E-state index contributed by atoms with van der Waals surface area (Å²) in [5, 5.41) is 10.8. The number of H-pyrrole nitrogens is 1. The predicted octanol–water partition coefficient (Wildman–Crippen LogP) is 1.80. The van der Waals surface area contributed by atoms with Gasteiger partial charge in [0, 0.05) is 47.0 Å². The van der Waals surface area contributed by atoms with E-state index in [1.807, 2.05) is 35.7 Å². The van der Waals surface area contributed by atoms with Crippen LogP contribution in [0.2, 0.25) is 0 Å². The van der Waals surface area contributed by atoms with E-state index in [-0.39, 0.29) is 0 Å². The van der Waals surface area contributed by atoms with Crippen LogP contribution in [0.1, 0.15) is 5.82 Å². The third-order valence-corrected chi connectivity index (χ3v) is 5.56. The van der Waals surface area contributed by atoms with Crippen LogP contribution in [0.3, 0.4) is 0 Å². The van der Waals surface area contributed by atoms with Crippen LogP contribution in [0, 0.1) is 0 Å². The fourth-order valence-corrected chi connectivity index (χ4v) is 4.45. The van der Waals surface area contributed by atoms with Crippen molar-refractivity contribution in [3.05, 3.63) is 30.4 Å². The second kappa shape index (κ2) is 7.10. The standard InChI is InChI=1S/C13H17N5S2/c1-3-14-4-2-10(1)13-16-12(17-18-13)7-15-11-8-19-5-6-20-9-11/h1-4,11,15H,5-9H2,(H,16,17,18). The number of rotatable bonds is 4. The largest absolute Gasteiger partial charge is 0.305 e. The monoisotopic (exact) mass is 307 g/mol. The lowest BCUT2D eigenvalue weighted by molar-refractivity contribution is 0.587. The van der Waals surface area contributed by atoms with Crippen molar-refractivity contribution in [2.75, 3.05) is 23.0 Å². The molecule has 0 amide bonds. The van der Waals surface area contributed by atoms with Crippen LogP contribution in [0.5, 0.6) is 0 Å². The summed E-state index contributed by atoms with van der Waals surface area (Å²) in [6.45, 7) is 0.740. The van der Waals surface area contributed by atoms with E-state index in [0.717, 1.165) is 23.8 Å². The number of aromatic amines is 1. The molecule has 2 N–H and O–H groups in total. The molecule has 1 aliphatic rings. The van der Waals surface area contributed by atoms with Gasteiger partial charge in [0.15, 0.2) is 5.82 Å². The average molecular weight is 307 g/mol. The summed E-state index contributed by atoms with van der Waals surface area (Å²) in [4.78, 5) is 8.52. The fraction of sp³-hybridized carbons (Fsp3) is 0.462. The minimum Gasteiger partial charge on any atom is -0.305 e. The summed E-state index contributed by atoms with van der Waals surface area (Å²) in [6.07, 6.45) is 3.51. The zero-order valence-electron chi connectivity index (χ0n) is 11.1. The summed E-state index contributed by atoms with van der Waals surface area (Å²) in [7, 11) is 0. The Morgan fingerprint density at radius 2 is 1.95 bits per heavy atom. The maximum Gasteiger partial charge on any atom is 0.181 e. The number of thioether (sulfide) groups is 2. The average Bonchev–Trinajstić information content (AvgIpc) is 2.82. The molecule has 1 saturated heterocycles. The molecule has 0 saturated carbocycles. The van der Waals surface area contributed by atoms with Crippen molar-refractivity contribution in [3.8, 4) is 11.4 Å². The fourth-order valence-electron chi connectivity index (χ4n) is 1.98. The minimum atomic E-state index is 0.557. The molecule has 20 heavy (non-hydrogen) atoms. The molecule has 7 heteroatoms. The molecule has 0 bridgehead atoms. The van der Waals surface area contributed by atoms with Gasteiger partial charge >= 0.3 is 0 Å².